The minimum atomic E-state index is -0.224. The van der Waals surface area contributed by atoms with E-state index < -0.39 is 0 Å². The summed E-state index contributed by atoms with van der Waals surface area (Å²) in [6.07, 6.45) is 5.61. The Morgan fingerprint density at radius 3 is 1.84 bits per heavy atom. The Bertz CT molecular complexity index is 3180. The van der Waals surface area contributed by atoms with Crippen LogP contribution in [0.1, 0.15) is 11.1 Å². The van der Waals surface area contributed by atoms with Crippen LogP contribution < -0.4 is 24.4 Å². The van der Waals surface area contributed by atoms with E-state index in [4.69, 9.17) is 9.72 Å². The van der Waals surface area contributed by atoms with E-state index in [-0.39, 0.29) is 28.0 Å². The largest absolute Gasteiger partial charge is 0.510 e. The number of hydrogen-bond acceptors (Lipinski definition) is 4. The van der Waals surface area contributed by atoms with Gasteiger partial charge in [-0.15, -0.1) is 30.3 Å². The molecule has 0 radical (unpaired) electrons. The molecule has 0 amide bonds. The second-order valence-corrected chi connectivity index (χ2v) is 15.7. The van der Waals surface area contributed by atoms with Crippen molar-refractivity contribution in [1.29, 1.82) is 0 Å². The minimum absolute atomic E-state index is 0. The van der Waals surface area contributed by atoms with Crippen LogP contribution in [0.15, 0.2) is 206 Å². The van der Waals surface area contributed by atoms with Crippen molar-refractivity contribution in [1.82, 2.24) is 9.55 Å². The maximum absolute atomic E-state index is 6.73. The smallest absolute Gasteiger partial charge is 0.409 e. The maximum atomic E-state index is 6.73. The van der Waals surface area contributed by atoms with Crippen LogP contribution >= 0.6 is 0 Å². The van der Waals surface area contributed by atoms with Gasteiger partial charge in [0.25, 0.3) is 6.33 Å². The van der Waals surface area contributed by atoms with Crippen LogP contribution in [0.3, 0.4) is 0 Å². The standard InChI is InChI=1S/C56H40BN5O.Pt/c1-40-19-16-20-41(2)55(40)57-61(44-25-10-5-11-26-44)52-35-34-47(38-53(52)62(57)54-33-14-15-36-58-54)63-46-28-17-27-45(37-46)59-39-60(51-32-13-12-31-50(51)59)56-48(42-21-6-3-7-22-42)29-18-30-49(56)43-23-8-4-9-24-43;/h3-36H,1-2H3;/q-2;. The molecule has 1 aliphatic heterocycles. The molecule has 11 rings (SSSR count). The molecule has 3 heterocycles. The number of fused-ring (bicyclic) bond motifs is 2. The Morgan fingerprint density at radius 1 is 0.547 bits per heavy atom. The van der Waals surface area contributed by atoms with Crippen LogP contribution in [-0.4, -0.2) is 16.5 Å². The zero-order chi connectivity index (χ0) is 42.3. The molecule has 0 saturated heterocycles. The van der Waals surface area contributed by atoms with Gasteiger partial charge in [-0.05, 0) is 71.5 Å². The Kier molecular flexibility index (Phi) is 11.0. The van der Waals surface area contributed by atoms with E-state index in [2.05, 4.69) is 215 Å². The Labute approximate surface area is 388 Å². The van der Waals surface area contributed by atoms with Crippen molar-refractivity contribution < 1.29 is 30.4 Å². The third-order valence-electron chi connectivity index (χ3n) is 11.8. The molecule has 64 heavy (non-hydrogen) atoms. The molecule has 0 N–H and O–H groups in total. The fraction of sp³-hybridized carbons (Fsp3) is 0.0357. The van der Waals surface area contributed by atoms with E-state index in [0.717, 1.165) is 67.5 Å². The second-order valence-electron chi connectivity index (χ2n) is 15.7. The van der Waals surface area contributed by atoms with Gasteiger partial charge in [0.05, 0.1) is 16.7 Å². The molecule has 8 heteroatoms. The summed E-state index contributed by atoms with van der Waals surface area (Å²) in [6.45, 7) is 4.14. The molecule has 310 valence electrons. The van der Waals surface area contributed by atoms with Crippen LogP contribution in [0.5, 0.6) is 11.5 Å². The first-order valence-corrected chi connectivity index (χ1v) is 21.2. The maximum Gasteiger partial charge on any atom is 0.409 e. The molecular formula is C56H40BN5OPt-2. The number of aryl methyl sites for hydroxylation is 2. The van der Waals surface area contributed by atoms with E-state index in [9.17, 15) is 0 Å². The molecule has 10 aromatic rings. The Hall–Kier alpha value is -7.47. The summed E-state index contributed by atoms with van der Waals surface area (Å²) in [5.74, 6) is 1.95. The van der Waals surface area contributed by atoms with Gasteiger partial charge < -0.3 is 18.9 Å². The van der Waals surface area contributed by atoms with Crippen LogP contribution in [0.2, 0.25) is 0 Å². The van der Waals surface area contributed by atoms with Crippen molar-refractivity contribution in [2.75, 3.05) is 9.62 Å². The number of ether oxygens (including phenoxy) is 1. The molecule has 0 bridgehead atoms. The normalized spacial score (nSPS) is 12.0. The van der Waals surface area contributed by atoms with Gasteiger partial charge in [0.15, 0.2) is 0 Å². The topological polar surface area (TPSA) is 37.4 Å². The number of pyridine rings is 1. The van der Waals surface area contributed by atoms with Gasteiger partial charge in [0, 0.05) is 44.4 Å². The summed E-state index contributed by atoms with van der Waals surface area (Å²) in [5.41, 5.74) is 14.9. The van der Waals surface area contributed by atoms with E-state index in [1.807, 2.05) is 42.6 Å². The number of imidazole rings is 1. The third-order valence-corrected chi connectivity index (χ3v) is 11.8. The first-order valence-electron chi connectivity index (χ1n) is 21.2. The van der Waals surface area contributed by atoms with Crippen molar-refractivity contribution in [2.24, 2.45) is 0 Å². The van der Waals surface area contributed by atoms with Gasteiger partial charge >= 0.3 is 6.98 Å². The molecule has 0 fully saturated rings. The molecule has 8 aromatic carbocycles. The van der Waals surface area contributed by atoms with Gasteiger partial charge in [0.2, 0.25) is 0 Å². The van der Waals surface area contributed by atoms with Crippen molar-refractivity contribution in [3.05, 3.63) is 236 Å². The predicted octanol–water partition coefficient (Wildman–Crippen LogP) is 12.1. The average molecular weight is 1000 g/mol. The van der Waals surface area contributed by atoms with Crippen molar-refractivity contribution in [2.45, 2.75) is 13.8 Å². The molecule has 0 spiro atoms. The first kappa shape index (κ1) is 40.6. The number of nitrogens with zero attached hydrogens (tertiary/aromatic N) is 5. The zero-order valence-corrected chi connectivity index (χ0v) is 37.4. The molecular weight excluding hydrogens is 965 g/mol. The van der Waals surface area contributed by atoms with Gasteiger partial charge in [-0.3, -0.25) is 4.57 Å². The van der Waals surface area contributed by atoms with E-state index in [1.165, 1.54) is 16.6 Å². The quantitative estimate of drug-likeness (QED) is 0.0820. The second kappa shape index (κ2) is 17.4. The minimum Gasteiger partial charge on any atom is -0.510 e. The number of benzene rings is 8. The molecule has 0 unspecified atom stereocenters. The first-order chi connectivity index (χ1) is 31.1. The van der Waals surface area contributed by atoms with E-state index >= 15 is 0 Å². The SMILES string of the molecule is Cc1cccc(C)c1B1N(c2ccccn2)c2[c-]c(Oc3[c-]c(-n4[c-][n+](-c5c(-c6ccccc6)cccc5-c5ccccc5)c5ccccc54)ccc3)ccc2N1c1ccccc1.[Pt]. The third kappa shape index (κ3) is 7.28. The summed E-state index contributed by atoms with van der Waals surface area (Å²) >= 11 is 0. The molecule has 0 aliphatic carbocycles. The number of rotatable bonds is 9. The predicted molar refractivity (Wildman–Crippen MR) is 255 cm³/mol. The van der Waals surface area contributed by atoms with Crippen LogP contribution in [0.25, 0.3) is 44.7 Å². The Balaban J connectivity index is 0.00000484. The van der Waals surface area contributed by atoms with Crippen LogP contribution in [0.4, 0.5) is 22.9 Å². The summed E-state index contributed by atoms with van der Waals surface area (Å²) in [7, 11) is 0. The number of anilines is 4. The van der Waals surface area contributed by atoms with Gasteiger partial charge in [0.1, 0.15) is 5.82 Å². The fourth-order valence-corrected chi connectivity index (χ4v) is 9.00. The molecule has 0 atom stereocenters. The van der Waals surface area contributed by atoms with E-state index in [0.29, 0.717) is 11.5 Å². The molecule has 2 aromatic heterocycles. The summed E-state index contributed by atoms with van der Waals surface area (Å²) in [5, 5.41) is 0. The number of para-hydroxylation sites is 4. The number of aromatic nitrogens is 3. The summed E-state index contributed by atoms with van der Waals surface area (Å²) in [6, 6.07) is 76.5. The Morgan fingerprint density at radius 2 is 1.16 bits per heavy atom. The van der Waals surface area contributed by atoms with Crippen LogP contribution in [-0.2, 0) is 21.1 Å². The van der Waals surface area contributed by atoms with Crippen molar-refractivity contribution >= 4 is 46.4 Å². The molecule has 0 saturated carbocycles. The summed E-state index contributed by atoms with van der Waals surface area (Å²) in [4.78, 5) is 9.56. The molecule has 6 nitrogen and oxygen atoms in total. The fourth-order valence-electron chi connectivity index (χ4n) is 9.00. The molecule has 1 aliphatic rings. The van der Waals surface area contributed by atoms with Gasteiger partial charge in [-0.25, -0.2) is 4.98 Å². The average Bonchev–Trinajstić information content (AvgIpc) is 3.88. The number of hydrogen-bond donors (Lipinski definition) is 0. The van der Waals surface area contributed by atoms with Crippen molar-refractivity contribution in [3.8, 4) is 45.1 Å². The zero-order valence-electron chi connectivity index (χ0n) is 35.2. The van der Waals surface area contributed by atoms with Crippen LogP contribution in [0, 0.1) is 32.3 Å². The van der Waals surface area contributed by atoms with Gasteiger partial charge in [-0.2, -0.15) is 12.1 Å². The van der Waals surface area contributed by atoms with Gasteiger partial charge in [-0.1, -0.05) is 168 Å². The summed E-state index contributed by atoms with van der Waals surface area (Å²) < 4.78 is 11.0. The van der Waals surface area contributed by atoms with Crippen molar-refractivity contribution in [3.63, 3.8) is 0 Å². The van der Waals surface area contributed by atoms with E-state index in [1.54, 1.807) is 0 Å². The monoisotopic (exact) mass is 1000 g/mol.